The van der Waals surface area contributed by atoms with Crippen molar-refractivity contribution in [2.24, 2.45) is 0 Å². The maximum absolute atomic E-state index is 13.0. The van der Waals surface area contributed by atoms with E-state index in [1.807, 2.05) is 0 Å². The zero-order chi connectivity index (χ0) is 21.7. The zero-order valence-corrected chi connectivity index (χ0v) is 17.1. The highest BCUT2D eigenvalue weighted by molar-refractivity contribution is 5.81. The lowest BCUT2D eigenvalue weighted by molar-refractivity contribution is -0.148. The molecule has 0 aliphatic heterocycles. The number of ether oxygens (including phenoxy) is 3. The number of aromatic nitrogens is 2. The second kappa shape index (κ2) is 9.39. The molecule has 0 fully saturated rings. The van der Waals surface area contributed by atoms with Crippen LogP contribution in [0.4, 0.5) is 4.39 Å². The van der Waals surface area contributed by atoms with Crippen LogP contribution in [-0.2, 0) is 16.1 Å². The number of fused-ring (bicyclic) bond motifs is 1. The van der Waals surface area contributed by atoms with Crippen molar-refractivity contribution in [1.29, 1.82) is 0 Å². The van der Waals surface area contributed by atoms with Gasteiger partial charge in [-0.25, -0.2) is 9.37 Å². The van der Waals surface area contributed by atoms with Gasteiger partial charge in [0.05, 0.1) is 31.4 Å². The molecule has 0 bridgehead atoms. The van der Waals surface area contributed by atoms with Crippen molar-refractivity contribution in [2.75, 3.05) is 14.2 Å². The number of carbonyl (C=O) groups is 1. The fourth-order valence-electron chi connectivity index (χ4n) is 3.10. The van der Waals surface area contributed by atoms with Crippen LogP contribution in [-0.4, -0.2) is 29.7 Å². The van der Waals surface area contributed by atoms with Gasteiger partial charge in [-0.3, -0.25) is 14.2 Å². The minimum atomic E-state index is -0.481. The fraction of sp³-hybridized carbons (Fsp3) is 0.318. The molecule has 2 aromatic carbocycles. The number of carbonyl (C=O) groups excluding carboxylic acids is 1. The highest BCUT2D eigenvalue weighted by Crippen LogP contribution is 2.29. The number of nitrogens with zero attached hydrogens (tertiary/aromatic N) is 2. The molecule has 0 spiro atoms. The highest BCUT2D eigenvalue weighted by atomic mass is 19.1. The third-order valence-corrected chi connectivity index (χ3v) is 4.76. The van der Waals surface area contributed by atoms with Crippen LogP contribution >= 0.6 is 0 Å². The minimum absolute atomic E-state index is 0.141. The standard InChI is InChI=1S/C22H23FN2O5/c1-14(15-6-8-16(23)9-7-15)30-21(26)5-4-10-25-13-24-18-12-20(29-3)19(28-2)11-17(18)22(25)27/h6-9,11-14H,4-5,10H2,1-3H3/t14-/m0/s1. The average Bonchev–Trinajstić information content (AvgIpc) is 2.75. The van der Waals surface area contributed by atoms with E-state index in [2.05, 4.69) is 4.98 Å². The molecular weight excluding hydrogens is 391 g/mol. The molecule has 0 saturated carbocycles. The number of esters is 1. The molecule has 158 valence electrons. The van der Waals surface area contributed by atoms with Crippen LogP contribution in [0.2, 0.25) is 0 Å². The molecule has 0 radical (unpaired) electrons. The van der Waals surface area contributed by atoms with Crippen LogP contribution in [0.3, 0.4) is 0 Å². The SMILES string of the molecule is COc1cc2ncn(CCCC(=O)O[C@@H](C)c3ccc(F)cc3)c(=O)c2cc1OC. The normalized spacial score (nSPS) is 11.9. The Bertz CT molecular complexity index is 1100. The van der Waals surface area contributed by atoms with Crippen LogP contribution in [0.25, 0.3) is 10.9 Å². The largest absolute Gasteiger partial charge is 0.493 e. The second-order valence-electron chi connectivity index (χ2n) is 6.75. The summed E-state index contributed by atoms with van der Waals surface area (Å²) < 4.78 is 30.3. The van der Waals surface area contributed by atoms with E-state index in [-0.39, 0.29) is 23.8 Å². The molecule has 7 nitrogen and oxygen atoms in total. The first-order valence-electron chi connectivity index (χ1n) is 9.49. The Hall–Kier alpha value is -3.42. The molecular formula is C22H23FN2O5. The summed E-state index contributed by atoms with van der Waals surface area (Å²) in [7, 11) is 3.01. The predicted molar refractivity (Wildman–Crippen MR) is 109 cm³/mol. The molecule has 0 aliphatic carbocycles. The fourth-order valence-corrected chi connectivity index (χ4v) is 3.10. The van der Waals surface area contributed by atoms with Crippen LogP contribution in [0, 0.1) is 5.82 Å². The summed E-state index contributed by atoms with van der Waals surface area (Å²) in [6, 6.07) is 9.05. The molecule has 0 N–H and O–H groups in total. The molecule has 3 aromatic rings. The average molecular weight is 414 g/mol. The summed E-state index contributed by atoms with van der Waals surface area (Å²) in [5, 5.41) is 0.405. The lowest BCUT2D eigenvalue weighted by Gasteiger charge is -2.14. The Kier molecular flexibility index (Phi) is 6.66. The van der Waals surface area contributed by atoms with E-state index in [1.54, 1.807) is 31.2 Å². The number of benzene rings is 2. The molecule has 0 saturated heterocycles. The van der Waals surface area contributed by atoms with Crippen LogP contribution in [0.15, 0.2) is 47.5 Å². The van der Waals surface area contributed by atoms with E-state index >= 15 is 0 Å². The van der Waals surface area contributed by atoms with Gasteiger partial charge in [-0.05, 0) is 37.1 Å². The number of halogens is 1. The molecule has 3 rings (SSSR count). The van der Waals surface area contributed by atoms with Crippen LogP contribution in [0.5, 0.6) is 11.5 Å². The third kappa shape index (κ3) is 4.76. The lowest BCUT2D eigenvalue weighted by atomic mass is 10.1. The predicted octanol–water partition coefficient (Wildman–Crippen LogP) is 3.64. The number of methoxy groups -OCH3 is 2. The van der Waals surface area contributed by atoms with Crippen molar-refractivity contribution in [3.63, 3.8) is 0 Å². The molecule has 1 atom stereocenters. The van der Waals surface area contributed by atoms with Crippen molar-refractivity contribution >= 4 is 16.9 Å². The maximum atomic E-state index is 13.0. The summed E-state index contributed by atoms with van der Waals surface area (Å²) in [6.07, 6.45) is 1.52. The van der Waals surface area contributed by atoms with Crippen molar-refractivity contribution in [1.82, 2.24) is 9.55 Å². The van der Waals surface area contributed by atoms with Gasteiger partial charge in [0.15, 0.2) is 11.5 Å². The summed E-state index contributed by atoms with van der Waals surface area (Å²) in [6.45, 7) is 2.04. The van der Waals surface area contributed by atoms with E-state index in [4.69, 9.17) is 14.2 Å². The quantitative estimate of drug-likeness (QED) is 0.524. The first-order chi connectivity index (χ1) is 14.4. The van der Waals surface area contributed by atoms with E-state index in [1.165, 1.54) is 37.2 Å². The van der Waals surface area contributed by atoms with Gasteiger partial charge in [0, 0.05) is 19.0 Å². The van der Waals surface area contributed by atoms with Crippen molar-refractivity contribution < 1.29 is 23.4 Å². The third-order valence-electron chi connectivity index (χ3n) is 4.76. The van der Waals surface area contributed by atoms with Crippen molar-refractivity contribution in [2.45, 2.75) is 32.4 Å². The van der Waals surface area contributed by atoms with E-state index in [9.17, 15) is 14.0 Å². The zero-order valence-electron chi connectivity index (χ0n) is 17.1. The number of aryl methyl sites for hydroxylation is 1. The maximum Gasteiger partial charge on any atom is 0.306 e. The van der Waals surface area contributed by atoms with Gasteiger partial charge in [0.25, 0.3) is 5.56 Å². The summed E-state index contributed by atoms with van der Waals surface area (Å²) in [5.74, 6) is 0.204. The topological polar surface area (TPSA) is 79.7 Å². The molecule has 30 heavy (non-hydrogen) atoms. The number of rotatable bonds is 8. The van der Waals surface area contributed by atoms with Gasteiger partial charge >= 0.3 is 5.97 Å². The molecule has 0 aliphatic rings. The van der Waals surface area contributed by atoms with Gasteiger partial charge in [-0.1, -0.05) is 12.1 Å². The van der Waals surface area contributed by atoms with Crippen molar-refractivity contribution in [3.8, 4) is 11.5 Å². The smallest absolute Gasteiger partial charge is 0.306 e. The molecule has 8 heteroatoms. The van der Waals surface area contributed by atoms with Crippen LogP contribution < -0.4 is 15.0 Å². The molecule has 0 unspecified atom stereocenters. The van der Waals surface area contributed by atoms with Gasteiger partial charge in [-0.15, -0.1) is 0 Å². The Morgan fingerprint density at radius 3 is 2.47 bits per heavy atom. The van der Waals surface area contributed by atoms with Gasteiger partial charge in [0.1, 0.15) is 11.9 Å². The number of hydrogen-bond donors (Lipinski definition) is 0. The Balaban J connectivity index is 1.62. The summed E-state index contributed by atoms with van der Waals surface area (Å²) >= 11 is 0. The van der Waals surface area contributed by atoms with Crippen molar-refractivity contribution in [3.05, 3.63) is 64.5 Å². The number of hydrogen-bond acceptors (Lipinski definition) is 6. The highest BCUT2D eigenvalue weighted by Gasteiger charge is 2.13. The first-order valence-corrected chi connectivity index (χ1v) is 9.49. The van der Waals surface area contributed by atoms with Gasteiger partial charge < -0.3 is 14.2 Å². The minimum Gasteiger partial charge on any atom is -0.493 e. The first kappa shape index (κ1) is 21.3. The molecule has 1 aromatic heterocycles. The Morgan fingerprint density at radius 1 is 1.13 bits per heavy atom. The van der Waals surface area contributed by atoms with E-state index < -0.39 is 6.10 Å². The molecule has 1 heterocycles. The van der Waals surface area contributed by atoms with E-state index in [0.29, 0.717) is 40.9 Å². The lowest BCUT2D eigenvalue weighted by Crippen LogP contribution is -2.21. The van der Waals surface area contributed by atoms with Crippen LogP contribution in [0.1, 0.15) is 31.4 Å². The second-order valence-corrected chi connectivity index (χ2v) is 6.75. The van der Waals surface area contributed by atoms with E-state index in [0.717, 1.165) is 0 Å². The van der Waals surface area contributed by atoms with Gasteiger partial charge in [-0.2, -0.15) is 0 Å². The molecule has 0 amide bonds. The summed E-state index contributed by atoms with van der Waals surface area (Å²) in [4.78, 5) is 29.1. The Labute approximate surface area is 173 Å². The summed E-state index contributed by atoms with van der Waals surface area (Å²) in [5.41, 5.74) is 0.986. The monoisotopic (exact) mass is 414 g/mol. The Morgan fingerprint density at radius 2 is 1.80 bits per heavy atom. The van der Waals surface area contributed by atoms with Gasteiger partial charge in [0.2, 0.25) is 0 Å².